The highest BCUT2D eigenvalue weighted by molar-refractivity contribution is 5.72. The van der Waals surface area contributed by atoms with Crippen LogP contribution in [0.2, 0.25) is 0 Å². The standard InChI is InChI=1S/C30H30N4O3/c1-21(2)24-13-15-25(16-14-24)34-28-27(32(20-31-28)19-23-11-9-22(3)10-12-23)29(35)33(30(34)36)17-18-37-26-7-5-4-6-8-26/h4-16,20-21H,17-19H2,1-3H3. The number of hydrogen-bond acceptors (Lipinski definition) is 4. The predicted molar refractivity (Wildman–Crippen MR) is 146 cm³/mol. The van der Waals surface area contributed by atoms with Crippen molar-refractivity contribution in [2.24, 2.45) is 0 Å². The number of hydrogen-bond donors (Lipinski definition) is 0. The van der Waals surface area contributed by atoms with Gasteiger partial charge >= 0.3 is 5.69 Å². The summed E-state index contributed by atoms with van der Waals surface area (Å²) in [6, 6.07) is 25.3. The van der Waals surface area contributed by atoms with Crippen LogP contribution in [0.15, 0.2) is 94.8 Å². The smallest absolute Gasteiger partial charge is 0.337 e. The fraction of sp³-hybridized carbons (Fsp3) is 0.233. The molecule has 0 saturated carbocycles. The maximum Gasteiger partial charge on any atom is 0.337 e. The van der Waals surface area contributed by atoms with Gasteiger partial charge in [0.2, 0.25) is 0 Å². The molecule has 2 heterocycles. The number of nitrogens with zero attached hydrogens (tertiary/aromatic N) is 4. The molecule has 5 rings (SSSR count). The Kier molecular flexibility index (Phi) is 6.77. The summed E-state index contributed by atoms with van der Waals surface area (Å²) in [6.45, 7) is 7.05. The van der Waals surface area contributed by atoms with E-state index in [4.69, 9.17) is 4.74 Å². The number of benzene rings is 3. The molecule has 7 heteroatoms. The molecule has 5 aromatic rings. The first-order chi connectivity index (χ1) is 17.9. The van der Waals surface area contributed by atoms with E-state index in [2.05, 4.69) is 18.8 Å². The minimum absolute atomic E-state index is 0.113. The van der Waals surface area contributed by atoms with E-state index in [9.17, 15) is 9.59 Å². The Bertz CT molecular complexity index is 1630. The number of imidazole rings is 1. The summed E-state index contributed by atoms with van der Waals surface area (Å²) in [5.41, 5.74) is 3.96. The summed E-state index contributed by atoms with van der Waals surface area (Å²) in [6.07, 6.45) is 1.63. The zero-order valence-corrected chi connectivity index (χ0v) is 21.3. The fourth-order valence-corrected chi connectivity index (χ4v) is 4.40. The minimum Gasteiger partial charge on any atom is -0.492 e. The second-order valence-corrected chi connectivity index (χ2v) is 9.51. The number of fused-ring (bicyclic) bond motifs is 1. The van der Waals surface area contributed by atoms with Crippen molar-refractivity contribution in [2.45, 2.75) is 39.8 Å². The SMILES string of the molecule is Cc1ccc(Cn2cnc3c2c(=O)n(CCOc2ccccc2)c(=O)n3-c2ccc(C(C)C)cc2)cc1. The Morgan fingerprint density at radius 3 is 2.27 bits per heavy atom. The number of rotatable bonds is 8. The number of para-hydroxylation sites is 1. The Morgan fingerprint density at radius 1 is 0.892 bits per heavy atom. The molecule has 0 spiro atoms. The van der Waals surface area contributed by atoms with Crippen molar-refractivity contribution in [3.05, 3.63) is 123 Å². The van der Waals surface area contributed by atoms with Gasteiger partial charge in [0.25, 0.3) is 5.56 Å². The molecule has 0 radical (unpaired) electrons. The first-order valence-electron chi connectivity index (χ1n) is 12.5. The van der Waals surface area contributed by atoms with E-state index in [1.165, 1.54) is 20.3 Å². The summed E-state index contributed by atoms with van der Waals surface area (Å²) in [4.78, 5) is 31.9. The number of aryl methyl sites for hydroxylation is 1. The minimum atomic E-state index is -0.438. The molecule has 37 heavy (non-hydrogen) atoms. The highest BCUT2D eigenvalue weighted by atomic mass is 16.5. The van der Waals surface area contributed by atoms with E-state index in [1.54, 1.807) is 6.33 Å². The Morgan fingerprint density at radius 2 is 1.59 bits per heavy atom. The monoisotopic (exact) mass is 494 g/mol. The molecule has 0 aliphatic carbocycles. The van der Waals surface area contributed by atoms with Gasteiger partial charge in [-0.1, -0.05) is 74.0 Å². The average Bonchev–Trinajstić information content (AvgIpc) is 3.31. The third-order valence-corrected chi connectivity index (χ3v) is 6.52. The maximum absolute atomic E-state index is 13.7. The van der Waals surface area contributed by atoms with Crippen LogP contribution in [0.3, 0.4) is 0 Å². The molecule has 7 nitrogen and oxygen atoms in total. The molecular weight excluding hydrogens is 464 g/mol. The molecular formula is C30H30N4O3. The van der Waals surface area contributed by atoms with Crippen LogP contribution in [-0.2, 0) is 13.1 Å². The van der Waals surface area contributed by atoms with E-state index in [-0.39, 0.29) is 18.7 Å². The molecule has 188 valence electrons. The van der Waals surface area contributed by atoms with E-state index < -0.39 is 5.69 Å². The Hall–Kier alpha value is -4.39. The van der Waals surface area contributed by atoms with Gasteiger partial charge in [-0.15, -0.1) is 0 Å². The highest BCUT2D eigenvalue weighted by Crippen LogP contribution is 2.19. The average molecular weight is 495 g/mol. The number of aromatic nitrogens is 4. The molecule has 0 bridgehead atoms. The van der Waals surface area contributed by atoms with Crippen molar-refractivity contribution < 1.29 is 4.74 Å². The Labute approximate surface area is 215 Å². The highest BCUT2D eigenvalue weighted by Gasteiger charge is 2.19. The molecule has 0 amide bonds. The van der Waals surface area contributed by atoms with E-state index in [0.717, 1.165) is 5.56 Å². The fourth-order valence-electron chi connectivity index (χ4n) is 4.40. The van der Waals surface area contributed by atoms with Crippen LogP contribution >= 0.6 is 0 Å². The van der Waals surface area contributed by atoms with E-state index in [0.29, 0.717) is 35.1 Å². The zero-order chi connectivity index (χ0) is 25.9. The van der Waals surface area contributed by atoms with Gasteiger partial charge < -0.3 is 9.30 Å². The van der Waals surface area contributed by atoms with E-state index >= 15 is 0 Å². The summed E-state index contributed by atoms with van der Waals surface area (Å²) < 4.78 is 10.4. The molecule has 0 aliphatic heterocycles. The molecule has 3 aromatic carbocycles. The van der Waals surface area contributed by atoms with Gasteiger partial charge in [-0.05, 0) is 48.2 Å². The topological polar surface area (TPSA) is 71.1 Å². The third kappa shape index (κ3) is 4.98. The lowest BCUT2D eigenvalue weighted by atomic mass is 10.0. The quantitative estimate of drug-likeness (QED) is 0.307. The van der Waals surface area contributed by atoms with Crippen molar-refractivity contribution in [1.82, 2.24) is 18.7 Å². The summed E-state index contributed by atoms with van der Waals surface area (Å²) >= 11 is 0. The Balaban J connectivity index is 1.61. The van der Waals surface area contributed by atoms with Gasteiger partial charge in [-0.25, -0.2) is 14.3 Å². The van der Waals surface area contributed by atoms with Gasteiger partial charge in [0.1, 0.15) is 12.4 Å². The summed E-state index contributed by atoms with van der Waals surface area (Å²) in [7, 11) is 0. The van der Waals surface area contributed by atoms with Crippen molar-refractivity contribution >= 4 is 11.2 Å². The van der Waals surface area contributed by atoms with Crippen molar-refractivity contribution in [2.75, 3.05) is 6.61 Å². The van der Waals surface area contributed by atoms with Gasteiger partial charge in [-0.2, -0.15) is 0 Å². The molecule has 0 unspecified atom stereocenters. The van der Waals surface area contributed by atoms with Crippen molar-refractivity contribution in [1.29, 1.82) is 0 Å². The lowest BCUT2D eigenvalue weighted by Gasteiger charge is -2.14. The molecule has 0 N–H and O–H groups in total. The van der Waals surface area contributed by atoms with Gasteiger partial charge in [0.05, 0.1) is 18.6 Å². The van der Waals surface area contributed by atoms with Crippen molar-refractivity contribution in [3.8, 4) is 11.4 Å². The van der Waals surface area contributed by atoms with Crippen LogP contribution in [-0.4, -0.2) is 25.3 Å². The van der Waals surface area contributed by atoms with Gasteiger partial charge in [0, 0.05) is 6.54 Å². The van der Waals surface area contributed by atoms with Crippen molar-refractivity contribution in [3.63, 3.8) is 0 Å². The first-order valence-corrected chi connectivity index (χ1v) is 12.5. The summed E-state index contributed by atoms with van der Waals surface area (Å²) in [5, 5.41) is 0. The van der Waals surface area contributed by atoms with Crippen LogP contribution in [0.25, 0.3) is 16.9 Å². The van der Waals surface area contributed by atoms with Crippen LogP contribution in [0.1, 0.15) is 36.5 Å². The largest absolute Gasteiger partial charge is 0.492 e. The predicted octanol–water partition coefficient (Wildman–Crippen LogP) is 4.91. The molecule has 0 atom stereocenters. The summed E-state index contributed by atoms with van der Waals surface area (Å²) in [5.74, 6) is 1.05. The lowest BCUT2D eigenvalue weighted by Crippen LogP contribution is -2.41. The van der Waals surface area contributed by atoms with Crippen LogP contribution in [0.5, 0.6) is 5.75 Å². The van der Waals surface area contributed by atoms with Gasteiger partial charge in [0.15, 0.2) is 11.2 Å². The lowest BCUT2D eigenvalue weighted by molar-refractivity contribution is 0.293. The molecule has 0 saturated heterocycles. The zero-order valence-electron chi connectivity index (χ0n) is 21.3. The molecule has 2 aromatic heterocycles. The maximum atomic E-state index is 13.7. The third-order valence-electron chi connectivity index (χ3n) is 6.52. The second kappa shape index (κ2) is 10.3. The normalized spacial score (nSPS) is 11.4. The van der Waals surface area contributed by atoms with E-state index in [1.807, 2.05) is 90.4 Å². The van der Waals surface area contributed by atoms with Crippen LogP contribution in [0.4, 0.5) is 0 Å². The second-order valence-electron chi connectivity index (χ2n) is 9.51. The van der Waals surface area contributed by atoms with Gasteiger partial charge in [-0.3, -0.25) is 9.36 Å². The first kappa shape index (κ1) is 24.3. The number of ether oxygens (including phenoxy) is 1. The van der Waals surface area contributed by atoms with Crippen LogP contribution < -0.4 is 16.0 Å². The molecule has 0 aliphatic rings. The van der Waals surface area contributed by atoms with Crippen LogP contribution in [0, 0.1) is 6.92 Å². The molecule has 0 fully saturated rings.